The minimum atomic E-state index is 0.0416. The number of nitrogens with zero attached hydrogens (tertiary/aromatic N) is 3. The van der Waals surface area contributed by atoms with Crippen LogP contribution in [0.15, 0.2) is 30.3 Å². The first-order valence-corrected chi connectivity index (χ1v) is 8.51. The van der Waals surface area contributed by atoms with Crippen LogP contribution in [0.4, 0.5) is 0 Å². The van der Waals surface area contributed by atoms with Crippen LogP contribution in [-0.4, -0.2) is 45.7 Å². The van der Waals surface area contributed by atoms with Crippen LogP contribution in [0, 0.1) is 12.3 Å². The molecule has 6 nitrogen and oxygen atoms in total. The molecule has 126 valence electrons. The van der Waals surface area contributed by atoms with Crippen molar-refractivity contribution in [3.05, 3.63) is 42.0 Å². The Morgan fingerprint density at radius 2 is 2.17 bits per heavy atom. The molecule has 1 aromatic carbocycles. The van der Waals surface area contributed by atoms with Crippen molar-refractivity contribution in [2.24, 2.45) is 5.41 Å². The number of para-hydroxylation sites is 1. The Morgan fingerprint density at radius 3 is 2.79 bits per heavy atom. The maximum absolute atomic E-state index is 12.6. The largest absolute Gasteiger partial charge is 0.484 e. The van der Waals surface area contributed by atoms with Gasteiger partial charge in [-0.15, -0.1) is 0 Å². The van der Waals surface area contributed by atoms with Gasteiger partial charge in [0.2, 0.25) is 0 Å². The zero-order valence-corrected chi connectivity index (χ0v) is 13.9. The van der Waals surface area contributed by atoms with E-state index in [0.717, 1.165) is 36.8 Å². The average Bonchev–Trinajstić information content (AvgIpc) is 3.17. The number of hydrogen-bond acceptors (Lipinski definition) is 4. The van der Waals surface area contributed by atoms with Gasteiger partial charge in [0, 0.05) is 19.0 Å². The number of carbonyl (C=O) groups is 1. The molecule has 2 fully saturated rings. The van der Waals surface area contributed by atoms with Crippen LogP contribution in [-0.2, 0) is 4.79 Å². The molecule has 1 N–H and O–H groups in total. The average molecular weight is 326 g/mol. The molecular formula is C18H22N4O2. The van der Waals surface area contributed by atoms with E-state index < -0.39 is 0 Å². The maximum atomic E-state index is 12.6. The van der Waals surface area contributed by atoms with Gasteiger partial charge in [0.15, 0.2) is 12.4 Å². The SMILES string of the molecule is Cc1nc(C2CN(C(=O)COc3ccccc3)CC23CCC3)n[nH]1. The lowest BCUT2D eigenvalue weighted by atomic mass is 9.62. The molecule has 24 heavy (non-hydrogen) atoms. The summed E-state index contributed by atoms with van der Waals surface area (Å²) in [5.41, 5.74) is 0.164. The Bertz CT molecular complexity index is 724. The van der Waals surface area contributed by atoms with Crippen LogP contribution in [0.2, 0.25) is 0 Å². The van der Waals surface area contributed by atoms with Gasteiger partial charge in [0.05, 0.1) is 0 Å². The van der Waals surface area contributed by atoms with E-state index >= 15 is 0 Å². The smallest absolute Gasteiger partial charge is 0.260 e. The van der Waals surface area contributed by atoms with Crippen molar-refractivity contribution in [2.75, 3.05) is 19.7 Å². The molecule has 1 saturated heterocycles. The third-order valence-electron chi connectivity index (χ3n) is 5.38. The summed E-state index contributed by atoms with van der Waals surface area (Å²) in [5, 5.41) is 7.29. The summed E-state index contributed by atoms with van der Waals surface area (Å²) in [4.78, 5) is 19.0. The number of aryl methyl sites for hydroxylation is 1. The highest BCUT2D eigenvalue weighted by Crippen LogP contribution is 2.55. The summed E-state index contributed by atoms with van der Waals surface area (Å²) < 4.78 is 5.62. The number of amides is 1. The van der Waals surface area contributed by atoms with Gasteiger partial charge in [-0.1, -0.05) is 24.6 Å². The molecule has 1 unspecified atom stereocenters. The Balaban J connectivity index is 1.44. The number of carbonyl (C=O) groups excluding carboxylic acids is 1. The molecule has 1 aliphatic heterocycles. The minimum absolute atomic E-state index is 0.0416. The first-order chi connectivity index (χ1) is 11.7. The topological polar surface area (TPSA) is 71.1 Å². The second-order valence-corrected chi connectivity index (χ2v) is 6.92. The van der Waals surface area contributed by atoms with E-state index in [2.05, 4.69) is 15.2 Å². The summed E-state index contributed by atoms with van der Waals surface area (Å²) in [7, 11) is 0. The number of ether oxygens (including phenoxy) is 1. The lowest BCUT2D eigenvalue weighted by Crippen LogP contribution is -2.39. The normalized spacial score (nSPS) is 21.7. The summed E-state index contributed by atoms with van der Waals surface area (Å²) in [5.74, 6) is 2.68. The highest BCUT2D eigenvalue weighted by atomic mass is 16.5. The van der Waals surface area contributed by atoms with Gasteiger partial charge < -0.3 is 9.64 Å². The quantitative estimate of drug-likeness (QED) is 0.936. The van der Waals surface area contributed by atoms with Gasteiger partial charge in [0.1, 0.15) is 11.6 Å². The Hall–Kier alpha value is -2.37. The molecule has 1 aromatic heterocycles. The van der Waals surface area contributed by atoms with Crippen LogP contribution in [0.25, 0.3) is 0 Å². The molecule has 2 heterocycles. The van der Waals surface area contributed by atoms with Crippen molar-refractivity contribution in [1.29, 1.82) is 0 Å². The number of likely N-dealkylation sites (tertiary alicyclic amines) is 1. The van der Waals surface area contributed by atoms with E-state index in [-0.39, 0.29) is 23.8 Å². The number of hydrogen-bond donors (Lipinski definition) is 1. The van der Waals surface area contributed by atoms with Gasteiger partial charge in [-0.3, -0.25) is 9.89 Å². The summed E-state index contributed by atoms with van der Waals surface area (Å²) in [6.07, 6.45) is 3.52. The van der Waals surface area contributed by atoms with Gasteiger partial charge in [-0.05, 0) is 37.3 Å². The minimum Gasteiger partial charge on any atom is -0.484 e. The van der Waals surface area contributed by atoms with Gasteiger partial charge in [-0.25, -0.2) is 4.98 Å². The highest BCUT2D eigenvalue weighted by Gasteiger charge is 2.53. The van der Waals surface area contributed by atoms with Gasteiger partial charge in [0.25, 0.3) is 5.91 Å². The Kier molecular flexibility index (Phi) is 3.75. The Labute approximate surface area is 141 Å². The van der Waals surface area contributed by atoms with Crippen LogP contribution in [0.5, 0.6) is 5.75 Å². The zero-order chi connectivity index (χ0) is 16.6. The molecule has 2 aliphatic rings. The molecular weight excluding hydrogens is 304 g/mol. The fourth-order valence-corrected chi connectivity index (χ4v) is 3.92. The van der Waals surface area contributed by atoms with Crippen molar-refractivity contribution in [3.8, 4) is 5.75 Å². The number of benzene rings is 1. The van der Waals surface area contributed by atoms with E-state index in [4.69, 9.17) is 4.74 Å². The second-order valence-electron chi connectivity index (χ2n) is 6.92. The molecule has 1 saturated carbocycles. The first-order valence-electron chi connectivity index (χ1n) is 8.51. The first kappa shape index (κ1) is 15.2. The number of aromatic amines is 1. The van der Waals surface area contributed by atoms with E-state index in [1.807, 2.05) is 42.2 Å². The van der Waals surface area contributed by atoms with Gasteiger partial charge in [-0.2, -0.15) is 5.10 Å². The van der Waals surface area contributed by atoms with Crippen molar-refractivity contribution in [1.82, 2.24) is 20.1 Å². The fourth-order valence-electron chi connectivity index (χ4n) is 3.92. The molecule has 1 amide bonds. The number of nitrogens with one attached hydrogen (secondary N) is 1. The van der Waals surface area contributed by atoms with Crippen molar-refractivity contribution >= 4 is 5.91 Å². The molecule has 1 atom stereocenters. The zero-order valence-electron chi connectivity index (χ0n) is 13.9. The maximum Gasteiger partial charge on any atom is 0.260 e. The number of H-pyrrole nitrogens is 1. The van der Waals surface area contributed by atoms with Crippen molar-refractivity contribution in [2.45, 2.75) is 32.1 Å². The number of rotatable bonds is 4. The third kappa shape index (κ3) is 2.66. The monoisotopic (exact) mass is 326 g/mol. The van der Waals surface area contributed by atoms with E-state index in [0.29, 0.717) is 6.54 Å². The van der Waals surface area contributed by atoms with Crippen LogP contribution < -0.4 is 4.74 Å². The summed E-state index contributed by atoms with van der Waals surface area (Å²) >= 11 is 0. The second kappa shape index (κ2) is 5.92. The summed E-state index contributed by atoms with van der Waals surface area (Å²) in [6, 6.07) is 9.47. The van der Waals surface area contributed by atoms with Gasteiger partial charge >= 0.3 is 0 Å². The molecule has 2 aromatic rings. The predicted octanol–water partition coefficient (Wildman–Crippen LogP) is 2.29. The molecule has 6 heteroatoms. The van der Waals surface area contributed by atoms with E-state index in [9.17, 15) is 4.79 Å². The van der Waals surface area contributed by atoms with Crippen LogP contribution in [0.1, 0.15) is 36.8 Å². The lowest BCUT2D eigenvalue weighted by molar-refractivity contribution is -0.133. The Morgan fingerprint density at radius 1 is 1.38 bits per heavy atom. The van der Waals surface area contributed by atoms with Crippen LogP contribution in [0.3, 0.4) is 0 Å². The standard InChI is InChI=1S/C18H22N4O2/c1-13-19-17(21-20-13)15-10-22(12-18(15)8-5-9-18)16(23)11-24-14-6-3-2-4-7-14/h2-4,6-7,15H,5,8-12H2,1H3,(H,19,20,21). The van der Waals surface area contributed by atoms with Crippen LogP contribution >= 0.6 is 0 Å². The fraction of sp³-hybridized carbons (Fsp3) is 0.500. The molecule has 0 bridgehead atoms. The molecule has 0 radical (unpaired) electrons. The van der Waals surface area contributed by atoms with Crippen molar-refractivity contribution in [3.63, 3.8) is 0 Å². The highest BCUT2D eigenvalue weighted by molar-refractivity contribution is 5.78. The lowest BCUT2D eigenvalue weighted by Gasteiger charge is -2.41. The molecule has 1 spiro atoms. The van der Waals surface area contributed by atoms with Crippen molar-refractivity contribution < 1.29 is 9.53 Å². The summed E-state index contributed by atoms with van der Waals surface area (Å²) in [6.45, 7) is 3.48. The molecule has 1 aliphatic carbocycles. The van der Waals surface area contributed by atoms with E-state index in [1.165, 1.54) is 6.42 Å². The number of aromatic nitrogens is 3. The molecule has 4 rings (SSSR count). The third-order valence-corrected chi connectivity index (χ3v) is 5.38. The predicted molar refractivity (Wildman–Crippen MR) is 88.7 cm³/mol. The van der Waals surface area contributed by atoms with E-state index in [1.54, 1.807) is 0 Å².